The molecule has 2 aromatic heterocycles. The highest BCUT2D eigenvalue weighted by Gasteiger charge is 2.42. The van der Waals surface area contributed by atoms with Crippen LogP contribution in [0.1, 0.15) is 51.7 Å². The Labute approximate surface area is 239 Å². The van der Waals surface area contributed by atoms with Gasteiger partial charge in [0.1, 0.15) is 5.58 Å². The number of nitrogens with zero attached hydrogens (tertiary/aromatic N) is 2. The second kappa shape index (κ2) is 8.36. The minimum Gasteiger partial charge on any atom is -0.422 e. The third kappa shape index (κ3) is 3.49. The van der Waals surface area contributed by atoms with Crippen LogP contribution in [0.25, 0.3) is 49.6 Å². The molecule has 6 aromatic rings. The molecule has 4 heteroatoms. The van der Waals surface area contributed by atoms with Crippen molar-refractivity contribution in [2.45, 2.75) is 51.4 Å². The van der Waals surface area contributed by atoms with Crippen LogP contribution >= 0.6 is 0 Å². The molecule has 4 aromatic carbocycles. The van der Waals surface area contributed by atoms with E-state index in [-0.39, 0.29) is 16.5 Å². The maximum atomic E-state index is 13.6. The smallest absolute Gasteiger partial charge is 0.344 e. The van der Waals surface area contributed by atoms with E-state index in [9.17, 15) is 4.79 Å². The number of anilines is 1. The summed E-state index contributed by atoms with van der Waals surface area (Å²) in [5.41, 5.74) is 9.26. The molecule has 8 rings (SSSR count). The second-order valence-electron chi connectivity index (χ2n) is 13.2. The van der Waals surface area contributed by atoms with Gasteiger partial charge in [-0.1, -0.05) is 76.2 Å². The average molecular weight is 539 g/mol. The molecule has 0 N–H and O–H groups in total. The topological polar surface area (TPSA) is 38.4 Å². The zero-order valence-corrected chi connectivity index (χ0v) is 24.1. The van der Waals surface area contributed by atoms with Crippen molar-refractivity contribution >= 4 is 38.5 Å². The summed E-state index contributed by atoms with van der Waals surface area (Å²) in [6.45, 7) is 11.4. The third-order valence-corrected chi connectivity index (χ3v) is 9.75. The van der Waals surface area contributed by atoms with Gasteiger partial charge in [-0.15, -0.1) is 0 Å². The van der Waals surface area contributed by atoms with Gasteiger partial charge in [0.05, 0.1) is 16.6 Å². The summed E-state index contributed by atoms with van der Waals surface area (Å²) >= 11 is 0. The van der Waals surface area contributed by atoms with E-state index in [1.165, 1.54) is 38.6 Å². The summed E-state index contributed by atoms with van der Waals surface area (Å²) in [5, 5.41) is 3.49. The lowest BCUT2D eigenvalue weighted by Crippen LogP contribution is -2.44. The average Bonchev–Trinajstić information content (AvgIpc) is 3.30. The number of hydrogen-bond donors (Lipinski definition) is 0. The van der Waals surface area contributed by atoms with Crippen molar-refractivity contribution in [3.8, 4) is 16.8 Å². The van der Waals surface area contributed by atoms with Crippen LogP contribution < -0.4 is 10.5 Å². The Bertz CT molecular complexity index is 2020. The number of benzene rings is 4. The molecule has 0 atom stereocenters. The van der Waals surface area contributed by atoms with Crippen molar-refractivity contribution in [2.75, 3.05) is 18.0 Å². The minimum absolute atomic E-state index is 0.0606. The van der Waals surface area contributed by atoms with Crippen molar-refractivity contribution in [1.29, 1.82) is 0 Å². The molecular formula is C37H34N2O2. The zero-order chi connectivity index (χ0) is 28.1. The van der Waals surface area contributed by atoms with Gasteiger partial charge in [-0.2, -0.15) is 0 Å². The Morgan fingerprint density at radius 3 is 2.00 bits per heavy atom. The Morgan fingerprint density at radius 2 is 1.34 bits per heavy atom. The zero-order valence-electron chi connectivity index (χ0n) is 24.1. The number of hydrogen-bond acceptors (Lipinski definition) is 3. The van der Waals surface area contributed by atoms with Crippen LogP contribution in [0.5, 0.6) is 0 Å². The van der Waals surface area contributed by atoms with Crippen molar-refractivity contribution in [3.63, 3.8) is 0 Å². The summed E-state index contributed by atoms with van der Waals surface area (Å²) in [6.07, 6.45) is 2.17. The molecule has 4 heterocycles. The van der Waals surface area contributed by atoms with Crippen LogP contribution in [0.4, 0.5) is 5.69 Å². The molecule has 0 aliphatic carbocycles. The van der Waals surface area contributed by atoms with E-state index in [1.54, 1.807) is 0 Å². The summed E-state index contributed by atoms with van der Waals surface area (Å²) in [7, 11) is 0. The van der Waals surface area contributed by atoms with Crippen LogP contribution in [-0.4, -0.2) is 17.7 Å². The molecule has 0 spiro atoms. The molecule has 2 aliphatic heterocycles. The molecular weight excluding hydrogens is 504 g/mol. The minimum atomic E-state index is -0.277. The molecule has 0 amide bonds. The maximum absolute atomic E-state index is 13.6. The van der Waals surface area contributed by atoms with Gasteiger partial charge in [0.15, 0.2) is 0 Å². The van der Waals surface area contributed by atoms with Gasteiger partial charge in [-0.05, 0) is 71.2 Å². The van der Waals surface area contributed by atoms with Crippen LogP contribution in [0.2, 0.25) is 0 Å². The highest BCUT2D eigenvalue weighted by atomic mass is 16.4. The molecule has 0 saturated carbocycles. The molecule has 0 fully saturated rings. The highest BCUT2D eigenvalue weighted by Crippen LogP contribution is 2.51. The Kier molecular flexibility index (Phi) is 4.99. The number of aromatic nitrogens is 1. The fourth-order valence-corrected chi connectivity index (χ4v) is 7.34. The number of fused-ring (bicyclic) bond motifs is 5. The quantitative estimate of drug-likeness (QED) is 0.207. The molecule has 0 unspecified atom stereocenters. The summed E-state index contributed by atoms with van der Waals surface area (Å²) < 4.78 is 8.55. The lowest BCUT2D eigenvalue weighted by Gasteiger charge is -2.48. The first-order valence-corrected chi connectivity index (χ1v) is 14.7. The number of para-hydroxylation sites is 2. The van der Waals surface area contributed by atoms with Gasteiger partial charge >= 0.3 is 5.63 Å². The van der Waals surface area contributed by atoms with E-state index >= 15 is 0 Å². The van der Waals surface area contributed by atoms with Gasteiger partial charge in [-0.3, -0.25) is 0 Å². The van der Waals surface area contributed by atoms with Gasteiger partial charge in [0.25, 0.3) is 0 Å². The van der Waals surface area contributed by atoms with E-state index < -0.39 is 0 Å². The Balaban J connectivity index is 1.30. The molecule has 0 bridgehead atoms. The van der Waals surface area contributed by atoms with Gasteiger partial charge in [0, 0.05) is 46.2 Å². The summed E-state index contributed by atoms with van der Waals surface area (Å²) in [6, 6.07) is 29.7. The van der Waals surface area contributed by atoms with Crippen molar-refractivity contribution in [1.82, 2.24) is 4.57 Å². The monoisotopic (exact) mass is 538 g/mol. The predicted molar refractivity (Wildman–Crippen MR) is 170 cm³/mol. The van der Waals surface area contributed by atoms with E-state index in [2.05, 4.69) is 122 Å². The van der Waals surface area contributed by atoms with E-state index in [1.807, 2.05) is 0 Å². The molecule has 0 radical (unpaired) electrons. The SMILES string of the molecule is CC1(C)CCN2CCC(C)(C)c3c2c1cc1cc(-c2ccc(-n4c5ccccc5c5ccccc54)cc2)c(=O)oc31. The normalized spacial score (nSPS) is 17.3. The van der Waals surface area contributed by atoms with Gasteiger partial charge in [0.2, 0.25) is 0 Å². The van der Waals surface area contributed by atoms with E-state index in [4.69, 9.17) is 4.42 Å². The molecule has 4 nitrogen and oxygen atoms in total. The standard InChI is InChI=1S/C37H34N2O2/c1-36(2)17-19-38-20-18-37(3,4)32-33(38)29(36)22-24-21-28(35(40)41-34(24)32)23-13-15-25(16-14-23)39-30-11-7-5-9-26(30)27-10-6-8-12-31(27)39/h5-16,21-22H,17-20H2,1-4H3. The lowest BCUT2D eigenvalue weighted by atomic mass is 9.69. The second-order valence-corrected chi connectivity index (χ2v) is 13.2. The number of rotatable bonds is 2. The molecule has 41 heavy (non-hydrogen) atoms. The molecule has 204 valence electrons. The van der Waals surface area contributed by atoms with E-state index in [0.717, 1.165) is 48.2 Å². The Hall–Kier alpha value is -4.31. The van der Waals surface area contributed by atoms with Crippen molar-refractivity contribution < 1.29 is 4.42 Å². The fraction of sp³-hybridized carbons (Fsp3) is 0.270. The highest BCUT2D eigenvalue weighted by molar-refractivity contribution is 6.09. The maximum Gasteiger partial charge on any atom is 0.344 e. The first-order chi connectivity index (χ1) is 19.7. The van der Waals surface area contributed by atoms with Crippen LogP contribution in [0.3, 0.4) is 0 Å². The van der Waals surface area contributed by atoms with Crippen LogP contribution in [0.15, 0.2) is 94.1 Å². The summed E-state index contributed by atoms with van der Waals surface area (Å²) in [4.78, 5) is 16.1. The predicted octanol–water partition coefficient (Wildman–Crippen LogP) is 8.73. The first-order valence-electron chi connectivity index (χ1n) is 14.7. The molecule has 0 saturated heterocycles. The van der Waals surface area contributed by atoms with Crippen LogP contribution in [-0.2, 0) is 10.8 Å². The lowest BCUT2D eigenvalue weighted by molar-refractivity contribution is 0.398. The largest absolute Gasteiger partial charge is 0.422 e. The van der Waals surface area contributed by atoms with Gasteiger partial charge < -0.3 is 13.9 Å². The Morgan fingerprint density at radius 1 is 0.732 bits per heavy atom. The van der Waals surface area contributed by atoms with Crippen molar-refractivity contribution in [2.24, 2.45) is 0 Å². The first kappa shape index (κ1) is 24.5. The van der Waals surface area contributed by atoms with Crippen molar-refractivity contribution in [3.05, 3.63) is 106 Å². The summed E-state index contributed by atoms with van der Waals surface area (Å²) in [5.74, 6) is 0. The molecule has 2 aliphatic rings. The van der Waals surface area contributed by atoms with Gasteiger partial charge in [-0.25, -0.2) is 4.79 Å². The third-order valence-electron chi connectivity index (χ3n) is 9.75. The van der Waals surface area contributed by atoms with E-state index in [0.29, 0.717) is 5.56 Å². The van der Waals surface area contributed by atoms with Crippen LogP contribution in [0, 0.1) is 0 Å². The fourth-order valence-electron chi connectivity index (χ4n) is 7.34.